The fourth-order valence-corrected chi connectivity index (χ4v) is 3.64. The normalized spacial score (nSPS) is 15.9. The van der Waals surface area contributed by atoms with Crippen molar-refractivity contribution in [3.8, 4) is 0 Å². The average Bonchev–Trinajstić information content (AvgIpc) is 2.60. The van der Waals surface area contributed by atoms with Gasteiger partial charge in [0.15, 0.2) is 0 Å². The van der Waals surface area contributed by atoms with E-state index >= 15 is 0 Å². The van der Waals surface area contributed by atoms with Gasteiger partial charge in [-0.15, -0.1) is 12.4 Å². The molecule has 6 nitrogen and oxygen atoms in total. The standard InChI is InChI=1S/C20H31ClN4O2.ClH/c1-20(2,3)25-19(27)23-14-9-10-16(21)15(11-14)18(26)24-17(12-22)13-7-5-4-6-8-13;/h9-11,13,17H,4-8,12,22H2,1-3H3,(H,24,26)(H2,23,25,27);1H. The number of hydrogen-bond donors (Lipinski definition) is 4. The smallest absolute Gasteiger partial charge is 0.319 e. The van der Waals surface area contributed by atoms with Crippen molar-refractivity contribution in [1.82, 2.24) is 10.6 Å². The van der Waals surface area contributed by atoms with Gasteiger partial charge in [0.05, 0.1) is 10.6 Å². The predicted octanol–water partition coefficient (Wildman–Crippen LogP) is 4.32. The quantitative estimate of drug-likeness (QED) is 0.559. The van der Waals surface area contributed by atoms with E-state index < -0.39 is 0 Å². The molecule has 1 aliphatic rings. The van der Waals surface area contributed by atoms with Crippen molar-refractivity contribution >= 4 is 41.6 Å². The van der Waals surface area contributed by atoms with Gasteiger partial charge in [-0.25, -0.2) is 4.79 Å². The van der Waals surface area contributed by atoms with Gasteiger partial charge in [-0.2, -0.15) is 0 Å². The Morgan fingerprint density at radius 3 is 2.43 bits per heavy atom. The highest BCUT2D eigenvalue weighted by molar-refractivity contribution is 6.34. The average molecular weight is 431 g/mol. The number of halogens is 2. The first-order valence-electron chi connectivity index (χ1n) is 9.59. The largest absolute Gasteiger partial charge is 0.348 e. The molecule has 1 aromatic rings. The van der Waals surface area contributed by atoms with Crippen LogP contribution >= 0.6 is 24.0 Å². The van der Waals surface area contributed by atoms with Crippen LogP contribution in [0.4, 0.5) is 10.5 Å². The number of benzene rings is 1. The van der Waals surface area contributed by atoms with Gasteiger partial charge in [0, 0.05) is 23.8 Å². The Balaban J connectivity index is 0.00000392. The highest BCUT2D eigenvalue weighted by Gasteiger charge is 2.25. The lowest BCUT2D eigenvalue weighted by Gasteiger charge is -2.30. The summed E-state index contributed by atoms with van der Waals surface area (Å²) in [6.45, 7) is 6.09. The zero-order valence-corrected chi connectivity index (χ0v) is 18.4. The Morgan fingerprint density at radius 1 is 1.21 bits per heavy atom. The second-order valence-corrected chi connectivity index (χ2v) is 8.64. The Bertz CT molecular complexity index is 671. The Labute approximate surface area is 178 Å². The summed E-state index contributed by atoms with van der Waals surface area (Å²) in [5.74, 6) is 0.145. The topological polar surface area (TPSA) is 96.2 Å². The number of urea groups is 1. The maximum Gasteiger partial charge on any atom is 0.319 e. The van der Waals surface area contributed by atoms with Crippen molar-refractivity contribution in [3.05, 3.63) is 28.8 Å². The first-order chi connectivity index (χ1) is 12.7. The van der Waals surface area contributed by atoms with Crippen LogP contribution in [0.5, 0.6) is 0 Å². The molecule has 0 saturated heterocycles. The van der Waals surface area contributed by atoms with Crippen molar-refractivity contribution in [2.75, 3.05) is 11.9 Å². The molecule has 0 radical (unpaired) electrons. The first kappa shape index (κ1) is 24.5. The fraction of sp³-hybridized carbons (Fsp3) is 0.600. The van der Waals surface area contributed by atoms with Crippen LogP contribution in [0, 0.1) is 5.92 Å². The maximum atomic E-state index is 12.8. The fourth-order valence-electron chi connectivity index (χ4n) is 3.43. The van der Waals surface area contributed by atoms with Crippen LogP contribution in [0.25, 0.3) is 0 Å². The molecule has 1 fully saturated rings. The van der Waals surface area contributed by atoms with E-state index in [-0.39, 0.29) is 35.9 Å². The third-order valence-electron chi connectivity index (χ3n) is 4.75. The van der Waals surface area contributed by atoms with Gasteiger partial charge in [0.25, 0.3) is 5.91 Å². The molecule has 1 atom stereocenters. The lowest BCUT2D eigenvalue weighted by Crippen LogP contribution is -2.46. The Morgan fingerprint density at radius 2 is 1.86 bits per heavy atom. The van der Waals surface area contributed by atoms with Gasteiger partial charge in [-0.05, 0) is 57.7 Å². The van der Waals surface area contributed by atoms with Crippen molar-refractivity contribution in [2.24, 2.45) is 11.7 Å². The Hall–Kier alpha value is -1.50. The van der Waals surface area contributed by atoms with E-state index in [1.165, 1.54) is 19.3 Å². The minimum absolute atomic E-state index is 0. The molecule has 3 amide bonds. The van der Waals surface area contributed by atoms with Crippen molar-refractivity contribution in [3.63, 3.8) is 0 Å². The number of amides is 3. The number of carbonyl (C=O) groups is 2. The van der Waals surface area contributed by atoms with E-state index in [4.69, 9.17) is 17.3 Å². The zero-order chi connectivity index (χ0) is 20.0. The van der Waals surface area contributed by atoms with Gasteiger partial charge in [0.1, 0.15) is 0 Å². The van der Waals surface area contributed by atoms with E-state index in [0.29, 0.717) is 28.7 Å². The molecule has 0 aliphatic heterocycles. The van der Waals surface area contributed by atoms with Crippen LogP contribution in [-0.4, -0.2) is 30.1 Å². The summed E-state index contributed by atoms with van der Waals surface area (Å²) in [4.78, 5) is 24.8. The summed E-state index contributed by atoms with van der Waals surface area (Å²) >= 11 is 6.23. The number of carbonyl (C=O) groups excluding carboxylic acids is 2. The van der Waals surface area contributed by atoms with E-state index in [0.717, 1.165) is 12.8 Å². The minimum Gasteiger partial charge on any atom is -0.348 e. The summed E-state index contributed by atoms with van der Waals surface area (Å²) in [5.41, 5.74) is 6.39. The SMILES string of the molecule is CC(C)(C)NC(=O)Nc1ccc(Cl)c(C(=O)NC(CN)C2CCCCC2)c1.Cl. The summed E-state index contributed by atoms with van der Waals surface area (Å²) < 4.78 is 0. The summed E-state index contributed by atoms with van der Waals surface area (Å²) in [6.07, 6.45) is 5.78. The molecule has 0 bridgehead atoms. The van der Waals surface area contributed by atoms with Gasteiger partial charge >= 0.3 is 6.03 Å². The molecule has 1 aliphatic carbocycles. The molecule has 0 aromatic heterocycles. The second kappa shape index (κ2) is 10.9. The Kier molecular flexibility index (Phi) is 9.54. The van der Waals surface area contributed by atoms with Gasteiger partial charge in [0.2, 0.25) is 0 Å². The molecule has 8 heteroatoms. The molecule has 1 aromatic carbocycles. The van der Waals surface area contributed by atoms with Crippen LogP contribution in [-0.2, 0) is 0 Å². The molecule has 0 heterocycles. The van der Waals surface area contributed by atoms with Crippen LogP contribution < -0.4 is 21.7 Å². The molecule has 28 heavy (non-hydrogen) atoms. The number of anilines is 1. The van der Waals surface area contributed by atoms with Crippen LogP contribution in [0.3, 0.4) is 0 Å². The molecule has 2 rings (SSSR count). The summed E-state index contributed by atoms with van der Waals surface area (Å²) in [5, 5.41) is 8.93. The predicted molar refractivity (Wildman–Crippen MR) is 117 cm³/mol. The van der Waals surface area contributed by atoms with Crippen LogP contribution in [0.15, 0.2) is 18.2 Å². The monoisotopic (exact) mass is 430 g/mol. The van der Waals surface area contributed by atoms with Gasteiger partial charge in [-0.1, -0.05) is 30.9 Å². The van der Waals surface area contributed by atoms with Crippen LogP contribution in [0.2, 0.25) is 5.02 Å². The van der Waals surface area contributed by atoms with Crippen molar-refractivity contribution in [1.29, 1.82) is 0 Å². The highest BCUT2D eigenvalue weighted by atomic mass is 35.5. The zero-order valence-electron chi connectivity index (χ0n) is 16.8. The van der Waals surface area contributed by atoms with Crippen molar-refractivity contribution in [2.45, 2.75) is 64.5 Å². The van der Waals surface area contributed by atoms with E-state index in [9.17, 15) is 9.59 Å². The molecule has 1 saturated carbocycles. The second-order valence-electron chi connectivity index (χ2n) is 8.24. The lowest BCUT2D eigenvalue weighted by molar-refractivity contribution is 0.0915. The van der Waals surface area contributed by atoms with Crippen LogP contribution in [0.1, 0.15) is 63.2 Å². The molecule has 0 spiro atoms. The lowest BCUT2D eigenvalue weighted by atomic mass is 9.84. The van der Waals surface area contributed by atoms with E-state index in [1.54, 1.807) is 18.2 Å². The summed E-state index contributed by atoms with van der Waals surface area (Å²) in [7, 11) is 0. The van der Waals surface area contributed by atoms with Crippen molar-refractivity contribution < 1.29 is 9.59 Å². The molecule has 158 valence electrons. The van der Waals surface area contributed by atoms with Gasteiger partial charge in [-0.3, -0.25) is 4.79 Å². The minimum atomic E-state index is -0.356. The van der Waals surface area contributed by atoms with Gasteiger partial charge < -0.3 is 21.7 Å². The number of nitrogens with two attached hydrogens (primary N) is 1. The highest BCUT2D eigenvalue weighted by Crippen LogP contribution is 2.27. The number of hydrogen-bond acceptors (Lipinski definition) is 3. The summed E-state index contributed by atoms with van der Waals surface area (Å²) in [6, 6.07) is 4.48. The third-order valence-corrected chi connectivity index (χ3v) is 5.08. The molecule has 1 unspecified atom stereocenters. The third kappa shape index (κ3) is 7.49. The maximum absolute atomic E-state index is 12.8. The molecular weight excluding hydrogens is 399 g/mol. The van der Waals surface area contributed by atoms with E-state index in [1.807, 2.05) is 20.8 Å². The number of nitrogens with one attached hydrogen (secondary N) is 3. The van der Waals surface area contributed by atoms with E-state index in [2.05, 4.69) is 16.0 Å². The molecule has 5 N–H and O–H groups in total. The first-order valence-corrected chi connectivity index (χ1v) is 9.97. The number of rotatable bonds is 5. The molecular formula is C20H32Cl2N4O2.